The Kier molecular flexibility index (Phi) is 31.3. The Bertz CT molecular complexity index is 1350. The summed E-state index contributed by atoms with van der Waals surface area (Å²) >= 11 is 0. The third-order valence-corrected chi connectivity index (χ3v) is 7.80. The van der Waals surface area contributed by atoms with Crippen molar-refractivity contribution in [2.45, 2.75) is 95.2 Å². The second kappa shape index (κ2) is 32.5. The summed E-state index contributed by atoms with van der Waals surface area (Å²) < 4.78 is 0. The van der Waals surface area contributed by atoms with Crippen LogP contribution >= 0.6 is 0 Å². The van der Waals surface area contributed by atoms with Crippen molar-refractivity contribution in [3.63, 3.8) is 0 Å². The van der Waals surface area contributed by atoms with Gasteiger partial charge in [-0.2, -0.15) is 0 Å². The molecule has 342 valence electrons. The SMILES string of the molecule is O=C(O)C(CCCNC(C(=O)O)C(=O)O)C(=O)O.O=C(O)CC(CCCNC(CC(=O)O)C(=O)O)C(=O)O.O=C(O)CCC(CCCNC(CCC(=O)O)C(=O)O)C(=O)O. The molecule has 0 fully saturated rings. The molecule has 0 radical (unpaired) electrons. The molecule has 0 saturated carbocycles. The quantitative estimate of drug-likeness (QED) is 0.0260. The minimum absolute atomic E-state index is 0.0199. The van der Waals surface area contributed by atoms with E-state index in [9.17, 15) is 57.5 Å². The molecule has 27 nitrogen and oxygen atoms in total. The van der Waals surface area contributed by atoms with Gasteiger partial charge in [-0.3, -0.25) is 53.3 Å². The van der Waals surface area contributed by atoms with E-state index < -0.39 is 120 Å². The summed E-state index contributed by atoms with van der Waals surface area (Å²) in [6.07, 6.45) is -0.973. The number of hydrogen-bond acceptors (Lipinski definition) is 15. The predicted octanol–water partition coefficient (Wildman–Crippen LogP) is -1.62. The zero-order chi connectivity index (χ0) is 47.1. The molecule has 27 heteroatoms. The molecular weight excluding hydrogens is 822 g/mol. The zero-order valence-corrected chi connectivity index (χ0v) is 31.8. The average molecular weight is 874 g/mol. The standard InChI is InChI=1S/C13H21NO8.C11H17NO8.C9H13NO8/c15-10(16)5-3-8(12(19)20)2-1-7-14-9(13(21)22)4-6-11(17)18;13-8(14)4-6(10(17)18)2-1-3-12-7(11(19)20)5-9(15)16;11-6(12)4(7(13)14)2-1-3-10-5(8(15)16)9(17)18/h8-9,14H,1-7H2,(H,15,16)(H,17,18)(H,19,20)(H,21,22);6-7,12H,1-5H2,(H,13,14)(H,15,16)(H,17,18)(H,19,20);4-5,10H,1-3H2,(H,11,12)(H,13,14)(H,15,16)(H,17,18). The van der Waals surface area contributed by atoms with E-state index in [-0.39, 0.29) is 77.4 Å². The number of rotatable bonds is 33. The summed E-state index contributed by atoms with van der Waals surface area (Å²) in [5.41, 5.74) is 0. The van der Waals surface area contributed by atoms with Crippen LogP contribution in [0.25, 0.3) is 0 Å². The van der Waals surface area contributed by atoms with Crippen molar-refractivity contribution in [1.82, 2.24) is 16.0 Å². The van der Waals surface area contributed by atoms with Crippen LogP contribution in [0.4, 0.5) is 0 Å². The fourth-order valence-corrected chi connectivity index (χ4v) is 4.65. The van der Waals surface area contributed by atoms with Gasteiger partial charge < -0.3 is 71.9 Å². The molecule has 0 spiro atoms. The Morgan fingerprint density at radius 1 is 0.333 bits per heavy atom. The molecule has 0 amide bonds. The molecule has 0 rings (SSSR count). The van der Waals surface area contributed by atoms with Crippen molar-refractivity contribution in [2.24, 2.45) is 17.8 Å². The Hall–Kier alpha value is -6.48. The predicted molar refractivity (Wildman–Crippen MR) is 193 cm³/mol. The lowest BCUT2D eigenvalue weighted by molar-refractivity contribution is -0.156. The number of carboxylic acids is 12. The van der Waals surface area contributed by atoms with Gasteiger partial charge in [0, 0.05) is 12.8 Å². The highest BCUT2D eigenvalue weighted by Gasteiger charge is 2.28. The summed E-state index contributed by atoms with van der Waals surface area (Å²) in [4.78, 5) is 127. The fourth-order valence-electron chi connectivity index (χ4n) is 4.65. The first-order valence-corrected chi connectivity index (χ1v) is 17.6. The van der Waals surface area contributed by atoms with E-state index in [0.717, 1.165) is 0 Å². The van der Waals surface area contributed by atoms with Crippen LogP contribution in [-0.4, -0.2) is 171 Å². The highest BCUT2D eigenvalue weighted by molar-refractivity contribution is 5.97. The normalized spacial score (nSPS) is 12.5. The second-order valence-electron chi connectivity index (χ2n) is 12.5. The van der Waals surface area contributed by atoms with Crippen LogP contribution in [0.5, 0.6) is 0 Å². The van der Waals surface area contributed by atoms with Gasteiger partial charge in [-0.25, -0.2) is 9.59 Å². The van der Waals surface area contributed by atoms with Gasteiger partial charge in [0.2, 0.25) is 6.04 Å². The highest BCUT2D eigenvalue weighted by Crippen LogP contribution is 2.14. The lowest BCUT2D eigenvalue weighted by Crippen LogP contribution is -2.43. The third kappa shape index (κ3) is 31.6. The molecule has 0 aliphatic heterocycles. The van der Waals surface area contributed by atoms with Crippen LogP contribution in [0.3, 0.4) is 0 Å². The summed E-state index contributed by atoms with van der Waals surface area (Å²) in [5, 5.41) is 111. The summed E-state index contributed by atoms with van der Waals surface area (Å²) in [6, 6.07) is -4.05. The van der Waals surface area contributed by atoms with Gasteiger partial charge in [0.1, 0.15) is 12.1 Å². The van der Waals surface area contributed by atoms with Crippen LogP contribution in [-0.2, 0) is 57.5 Å². The molecule has 0 aliphatic carbocycles. The Balaban J connectivity index is -0.000000816. The molecule has 0 aromatic rings. The minimum atomic E-state index is -1.79. The topological polar surface area (TPSA) is 484 Å². The molecule has 0 saturated heterocycles. The van der Waals surface area contributed by atoms with Crippen LogP contribution in [0.1, 0.15) is 77.0 Å². The molecule has 0 bridgehead atoms. The van der Waals surface area contributed by atoms with Crippen molar-refractivity contribution < 1.29 is 119 Å². The molecular formula is C33H51N3O24. The maximum Gasteiger partial charge on any atom is 0.332 e. The average Bonchev–Trinajstić information content (AvgIpc) is 3.10. The first-order valence-electron chi connectivity index (χ1n) is 17.6. The van der Waals surface area contributed by atoms with Gasteiger partial charge >= 0.3 is 71.6 Å². The lowest BCUT2D eigenvalue weighted by Gasteiger charge is -2.15. The molecule has 60 heavy (non-hydrogen) atoms. The molecule has 4 atom stereocenters. The van der Waals surface area contributed by atoms with Crippen molar-refractivity contribution in [3.8, 4) is 0 Å². The fraction of sp³-hybridized carbons (Fsp3) is 0.636. The van der Waals surface area contributed by atoms with Crippen LogP contribution in [0.15, 0.2) is 0 Å². The smallest absolute Gasteiger partial charge is 0.332 e. The Labute approximate surface area is 339 Å². The van der Waals surface area contributed by atoms with Crippen molar-refractivity contribution in [3.05, 3.63) is 0 Å². The van der Waals surface area contributed by atoms with Gasteiger partial charge in [-0.15, -0.1) is 0 Å². The molecule has 4 unspecified atom stereocenters. The van der Waals surface area contributed by atoms with E-state index in [0.29, 0.717) is 6.42 Å². The van der Waals surface area contributed by atoms with E-state index in [1.807, 2.05) is 0 Å². The van der Waals surface area contributed by atoms with E-state index in [4.69, 9.17) is 61.3 Å². The number of carbonyl (C=O) groups is 12. The summed E-state index contributed by atoms with van der Waals surface area (Å²) in [5.74, 6) is -19.0. The Morgan fingerprint density at radius 2 is 0.717 bits per heavy atom. The monoisotopic (exact) mass is 873 g/mol. The Morgan fingerprint density at radius 3 is 1.08 bits per heavy atom. The molecule has 15 N–H and O–H groups in total. The van der Waals surface area contributed by atoms with Crippen LogP contribution in [0.2, 0.25) is 0 Å². The van der Waals surface area contributed by atoms with E-state index in [1.54, 1.807) is 0 Å². The van der Waals surface area contributed by atoms with Gasteiger partial charge in [-0.1, -0.05) is 0 Å². The van der Waals surface area contributed by atoms with Gasteiger partial charge in [0.15, 0.2) is 5.92 Å². The maximum absolute atomic E-state index is 11.0. The zero-order valence-electron chi connectivity index (χ0n) is 31.8. The lowest BCUT2D eigenvalue weighted by atomic mass is 9.97. The molecule has 0 heterocycles. The molecule has 0 aliphatic rings. The van der Waals surface area contributed by atoms with Crippen molar-refractivity contribution in [2.75, 3.05) is 19.6 Å². The van der Waals surface area contributed by atoms with Crippen LogP contribution in [0, 0.1) is 17.8 Å². The summed E-state index contributed by atoms with van der Waals surface area (Å²) in [6.45, 7) is 0.196. The van der Waals surface area contributed by atoms with Crippen molar-refractivity contribution >= 4 is 71.6 Å². The largest absolute Gasteiger partial charge is 0.481 e. The van der Waals surface area contributed by atoms with Crippen LogP contribution < -0.4 is 16.0 Å². The highest BCUT2D eigenvalue weighted by atomic mass is 16.4. The van der Waals surface area contributed by atoms with Crippen molar-refractivity contribution in [1.29, 1.82) is 0 Å². The van der Waals surface area contributed by atoms with Gasteiger partial charge in [0.05, 0.1) is 24.7 Å². The first-order chi connectivity index (χ1) is 27.7. The minimum Gasteiger partial charge on any atom is -0.481 e. The number of aliphatic carboxylic acids is 12. The van der Waals surface area contributed by atoms with Gasteiger partial charge in [0.25, 0.3) is 0 Å². The summed E-state index contributed by atoms with van der Waals surface area (Å²) in [7, 11) is 0. The van der Waals surface area contributed by atoms with E-state index in [2.05, 4.69) is 16.0 Å². The number of carboxylic acid groups (broad SMARTS) is 12. The third-order valence-electron chi connectivity index (χ3n) is 7.80. The number of hydrogen-bond donors (Lipinski definition) is 15. The first kappa shape index (κ1) is 57.8. The van der Waals surface area contributed by atoms with Gasteiger partial charge in [-0.05, 0) is 71.0 Å². The molecule has 0 aromatic carbocycles. The number of nitrogens with one attached hydrogen (secondary N) is 3. The second-order valence-corrected chi connectivity index (χ2v) is 12.5. The van der Waals surface area contributed by atoms with E-state index in [1.165, 1.54) is 0 Å². The maximum atomic E-state index is 11.0. The van der Waals surface area contributed by atoms with E-state index >= 15 is 0 Å². The molecule has 0 aromatic heterocycles.